The first-order valence-corrected chi connectivity index (χ1v) is 9.72. The number of ketones is 3. The highest BCUT2D eigenvalue weighted by molar-refractivity contribution is 6.39. The van der Waals surface area contributed by atoms with Gasteiger partial charge in [-0.25, -0.2) is 0 Å². The molecule has 1 unspecified atom stereocenters. The van der Waals surface area contributed by atoms with Crippen molar-refractivity contribution in [1.82, 2.24) is 0 Å². The summed E-state index contributed by atoms with van der Waals surface area (Å²) < 4.78 is 0. The van der Waals surface area contributed by atoms with Crippen LogP contribution in [-0.4, -0.2) is 17.3 Å². The summed E-state index contributed by atoms with van der Waals surface area (Å²) >= 11 is 0. The smallest absolute Gasteiger partial charge is 0.195 e. The molecule has 0 aromatic heterocycles. The number of hydrogen-bond acceptors (Lipinski definition) is 3. The summed E-state index contributed by atoms with van der Waals surface area (Å²) in [4.78, 5) is 40.1. The molecule has 0 heterocycles. The molecule has 28 heavy (non-hydrogen) atoms. The molecule has 1 atom stereocenters. The van der Waals surface area contributed by atoms with E-state index in [9.17, 15) is 14.4 Å². The number of rotatable bonds is 0. The van der Waals surface area contributed by atoms with Crippen LogP contribution in [0.1, 0.15) is 76.4 Å². The van der Waals surface area contributed by atoms with Gasteiger partial charge in [0.25, 0.3) is 0 Å². The van der Waals surface area contributed by atoms with Crippen molar-refractivity contribution in [3.63, 3.8) is 0 Å². The molecule has 8 aliphatic rings. The standard InChI is InChI=1S/C25H14O3/c26-22-14-5-1-2-7-16(14)25-13-10-8-12(9-11-13)4-3-6-15-17-19(22)21(25)20(24(25)28)18(15)23(17)27/h1-2,5,7-11H,3-4,6H2. The Labute approximate surface area is 161 Å². The molecule has 0 aliphatic heterocycles. The third-order valence-electron chi connectivity index (χ3n) is 7.08. The number of aryl methyl sites for hydroxylation is 2. The molecule has 3 nitrogen and oxygen atoms in total. The molecule has 3 aromatic rings. The Morgan fingerprint density at radius 3 is 2.29 bits per heavy atom. The first-order chi connectivity index (χ1) is 13.7. The minimum absolute atomic E-state index is 0.0344. The average Bonchev–Trinajstić information content (AvgIpc) is 2.72. The monoisotopic (exact) mass is 362 g/mol. The summed E-state index contributed by atoms with van der Waals surface area (Å²) in [5.74, 6) is -0.253. The molecule has 0 saturated carbocycles. The SMILES string of the molecule is O=C1c2c3c1c1c4c2C(=O)c2ccccc2C4(C1=O)c1ccc(cc1)CCC3. The molecule has 1 spiro atoms. The molecule has 0 N–H and O–H groups in total. The van der Waals surface area contributed by atoms with E-state index in [2.05, 4.69) is 12.1 Å². The van der Waals surface area contributed by atoms with E-state index in [1.54, 1.807) is 6.07 Å². The van der Waals surface area contributed by atoms with Crippen LogP contribution in [0.5, 0.6) is 0 Å². The van der Waals surface area contributed by atoms with Gasteiger partial charge in [-0.05, 0) is 47.1 Å². The Morgan fingerprint density at radius 2 is 1.46 bits per heavy atom. The Balaban J connectivity index is 1.73. The predicted molar refractivity (Wildman–Crippen MR) is 102 cm³/mol. The van der Waals surface area contributed by atoms with Gasteiger partial charge in [-0.15, -0.1) is 0 Å². The van der Waals surface area contributed by atoms with E-state index in [1.807, 2.05) is 30.3 Å². The quantitative estimate of drug-likeness (QED) is 0.478. The largest absolute Gasteiger partial charge is 0.292 e. The number of carbonyl (C=O) groups is 3. The Hall–Kier alpha value is -3.33. The maximum atomic E-state index is 13.8. The van der Waals surface area contributed by atoms with Crippen LogP contribution in [0.25, 0.3) is 0 Å². The fourth-order valence-corrected chi connectivity index (χ4v) is 5.90. The number of carbonyl (C=O) groups excluding carboxylic acids is 3. The zero-order valence-corrected chi connectivity index (χ0v) is 15.0. The van der Waals surface area contributed by atoms with Crippen molar-refractivity contribution in [1.29, 1.82) is 0 Å². The van der Waals surface area contributed by atoms with E-state index in [4.69, 9.17) is 0 Å². The van der Waals surface area contributed by atoms with Gasteiger partial charge in [0, 0.05) is 27.8 Å². The fraction of sp³-hybridized carbons (Fsp3) is 0.160. The van der Waals surface area contributed by atoms with Crippen molar-refractivity contribution in [2.75, 3.05) is 0 Å². The topological polar surface area (TPSA) is 51.2 Å². The van der Waals surface area contributed by atoms with Crippen LogP contribution < -0.4 is 0 Å². The molecule has 8 aliphatic carbocycles. The van der Waals surface area contributed by atoms with E-state index < -0.39 is 5.41 Å². The minimum Gasteiger partial charge on any atom is -0.292 e. The summed E-state index contributed by atoms with van der Waals surface area (Å²) in [5.41, 5.74) is 6.38. The summed E-state index contributed by atoms with van der Waals surface area (Å²) in [6.07, 6.45) is 2.55. The van der Waals surface area contributed by atoms with Crippen molar-refractivity contribution in [3.05, 3.63) is 104 Å². The van der Waals surface area contributed by atoms with Crippen LogP contribution in [0.4, 0.5) is 0 Å². The molecule has 0 amide bonds. The van der Waals surface area contributed by atoms with Gasteiger partial charge in [-0.2, -0.15) is 0 Å². The molecule has 0 fully saturated rings. The summed E-state index contributed by atoms with van der Waals surface area (Å²) in [6, 6.07) is 15.7. The molecule has 11 rings (SSSR count). The molecular weight excluding hydrogens is 348 g/mol. The van der Waals surface area contributed by atoms with Crippen LogP contribution in [0.15, 0.2) is 48.5 Å². The van der Waals surface area contributed by atoms with Gasteiger partial charge in [0.1, 0.15) is 5.41 Å². The second-order valence-electron chi connectivity index (χ2n) is 8.19. The van der Waals surface area contributed by atoms with Crippen LogP contribution >= 0.6 is 0 Å². The number of hydrogen-bond donors (Lipinski definition) is 0. The number of Topliss-reactive ketones (excluding diaryl/α,β-unsaturated/α-hetero) is 1. The number of benzene rings is 3. The van der Waals surface area contributed by atoms with Gasteiger partial charge in [0.05, 0.1) is 0 Å². The van der Waals surface area contributed by atoms with Crippen molar-refractivity contribution in [2.24, 2.45) is 0 Å². The Morgan fingerprint density at radius 1 is 0.714 bits per heavy atom. The highest BCUT2D eigenvalue weighted by atomic mass is 16.1. The van der Waals surface area contributed by atoms with E-state index >= 15 is 0 Å². The van der Waals surface area contributed by atoms with Gasteiger partial charge >= 0.3 is 0 Å². The molecule has 3 aromatic carbocycles. The minimum atomic E-state index is -0.949. The third kappa shape index (κ3) is 1.27. The Bertz CT molecular complexity index is 1330. The molecule has 9 bridgehead atoms. The lowest BCUT2D eigenvalue weighted by atomic mass is 9.47. The summed E-state index contributed by atoms with van der Waals surface area (Å²) in [6.45, 7) is 0. The van der Waals surface area contributed by atoms with Gasteiger partial charge < -0.3 is 0 Å². The maximum Gasteiger partial charge on any atom is 0.195 e. The molecule has 0 saturated heterocycles. The number of fused-ring (bicyclic) bond motifs is 1. The maximum absolute atomic E-state index is 13.8. The van der Waals surface area contributed by atoms with Crippen LogP contribution in [-0.2, 0) is 18.3 Å². The van der Waals surface area contributed by atoms with E-state index in [0.29, 0.717) is 27.8 Å². The predicted octanol–water partition coefficient (Wildman–Crippen LogP) is 3.79. The second kappa shape index (κ2) is 4.39. The molecular formula is C25H14O3. The lowest BCUT2D eigenvalue weighted by Gasteiger charge is -2.51. The first-order valence-electron chi connectivity index (χ1n) is 9.72. The normalized spacial score (nSPS) is 22.2. The average molecular weight is 362 g/mol. The zero-order chi connectivity index (χ0) is 18.8. The van der Waals surface area contributed by atoms with Gasteiger partial charge in [0.2, 0.25) is 0 Å². The van der Waals surface area contributed by atoms with Crippen molar-refractivity contribution in [2.45, 2.75) is 24.7 Å². The van der Waals surface area contributed by atoms with Gasteiger partial charge in [-0.1, -0.05) is 48.5 Å². The van der Waals surface area contributed by atoms with Crippen LogP contribution in [0.2, 0.25) is 0 Å². The van der Waals surface area contributed by atoms with Crippen molar-refractivity contribution >= 4 is 17.3 Å². The third-order valence-corrected chi connectivity index (χ3v) is 7.08. The molecule has 0 radical (unpaired) electrons. The lowest BCUT2D eigenvalue weighted by molar-refractivity contribution is 0.0864. The van der Waals surface area contributed by atoms with E-state index in [-0.39, 0.29) is 17.3 Å². The van der Waals surface area contributed by atoms with Crippen molar-refractivity contribution < 1.29 is 14.4 Å². The highest BCUT2D eigenvalue weighted by Gasteiger charge is 2.64. The van der Waals surface area contributed by atoms with Crippen LogP contribution in [0, 0.1) is 0 Å². The van der Waals surface area contributed by atoms with Gasteiger partial charge in [-0.3, -0.25) is 14.4 Å². The lowest BCUT2D eigenvalue weighted by Crippen LogP contribution is -2.56. The Kier molecular flexibility index (Phi) is 2.30. The summed E-state index contributed by atoms with van der Waals surface area (Å²) in [5, 5.41) is 0. The zero-order valence-electron chi connectivity index (χ0n) is 15.0. The van der Waals surface area contributed by atoms with E-state index in [1.165, 1.54) is 5.56 Å². The first kappa shape index (κ1) is 14.7. The van der Waals surface area contributed by atoms with E-state index in [0.717, 1.165) is 41.5 Å². The second-order valence-corrected chi connectivity index (χ2v) is 8.19. The summed E-state index contributed by atoms with van der Waals surface area (Å²) in [7, 11) is 0. The highest BCUT2D eigenvalue weighted by Crippen LogP contribution is 2.61. The van der Waals surface area contributed by atoms with Crippen molar-refractivity contribution in [3.8, 4) is 0 Å². The van der Waals surface area contributed by atoms with Crippen LogP contribution in [0.3, 0.4) is 0 Å². The fourth-order valence-electron chi connectivity index (χ4n) is 5.90. The van der Waals surface area contributed by atoms with Gasteiger partial charge in [0.15, 0.2) is 17.3 Å². The molecule has 132 valence electrons. The molecule has 3 heteroatoms.